The second kappa shape index (κ2) is 16.8. The molecule has 6 unspecified atom stereocenters. The summed E-state index contributed by atoms with van der Waals surface area (Å²) in [5.41, 5.74) is -0.892. The van der Waals surface area contributed by atoms with Crippen LogP contribution in [0.3, 0.4) is 0 Å². The summed E-state index contributed by atoms with van der Waals surface area (Å²) in [5, 5.41) is -1.42. The van der Waals surface area contributed by atoms with E-state index < -0.39 is 46.5 Å². The van der Waals surface area contributed by atoms with Crippen LogP contribution in [0.25, 0.3) is 0 Å². The predicted octanol–water partition coefficient (Wildman–Crippen LogP) is 10.6. The fourth-order valence-corrected chi connectivity index (χ4v) is 8.22. The monoisotopic (exact) mass is 782 g/mol. The van der Waals surface area contributed by atoms with E-state index in [0.717, 1.165) is 50.7 Å². The average Bonchev–Trinajstić information content (AvgIpc) is 3.03. The molecule has 2 aliphatic rings. The Morgan fingerprint density at radius 1 is 0.625 bits per heavy atom. The van der Waals surface area contributed by atoms with E-state index in [1.54, 1.807) is 0 Å². The van der Waals surface area contributed by atoms with Crippen molar-refractivity contribution in [1.29, 1.82) is 0 Å². The molecule has 0 saturated heterocycles. The summed E-state index contributed by atoms with van der Waals surface area (Å²) in [6.45, 7) is 8.70. The summed E-state index contributed by atoms with van der Waals surface area (Å²) in [5.74, 6) is -4.15. The Kier molecular flexibility index (Phi) is 13.6. The Balaban J connectivity index is 1.51. The molecular formula is C34H36Cl6O8. The van der Waals surface area contributed by atoms with Gasteiger partial charge in [-0.3, -0.25) is 0 Å². The molecule has 0 radical (unpaired) electrons. The lowest BCUT2D eigenvalue weighted by Gasteiger charge is -2.42. The Hall–Kier alpha value is -1.94. The van der Waals surface area contributed by atoms with Crippen molar-refractivity contribution in [2.45, 2.75) is 66.2 Å². The molecule has 0 aromatic heterocycles. The van der Waals surface area contributed by atoms with Crippen LogP contribution in [-0.4, -0.2) is 37.1 Å². The lowest BCUT2D eigenvalue weighted by molar-refractivity contribution is -0.156. The molecule has 0 aliphatic heterocycles. The molecular weight excluding hydrogens is 749 g/mol. The highest BCUT2D eigenvalue weighted by Gasteiger charge is 2.40. The zero-order chi connectivity index (χ0) is 35.4. The highest BCUT2D eigenvalue weighted by molar-refractivity contribution is 6.47. The van der Waals surface area contributed by atoms with E-state index in [2.05, 4.69) is 27.7 Å². The largest absolute Gasteiger partial charge is 0.462 e. The van der Waals surface area contributed by atoms with Gasteiger partial charge in [0.05, 0.1) is 43.3 Å². The number of esters is 4. The van der Waals surface area contributed by atoms with Crippen molar-refractivity contribution >= 4 is 93.5 Å². The van der Waals surface area contributed by atoms with Gasteiger partial charge in [-0.05, 0) is 60.5 Å². The first-order chi connectivity index (χ1) is 22.7. The Labute approximate surface area is 309 Å². The number of carbonyl (C=O) groups excluding carboxylic acids is 4. The van der Waals surface area contributed by atoms with Crippen molar-refractivity contribution in [3.8, 4) is 11.5 Å². The van der Waals surface area contributed by atoms with Gasteiger partial charge < -0.3 is 18.9 Å². The highest BCUT2D eigenvalue weighted by Crippen LogP contribution is 2.46. The second-order valence-corrected chi connectivity index (χ2v) is 14.9. The maximum absolute atomic E-state index is 13.2. The van der Waals surface area contributed by atoms with Gasteiger partial charge in [-0.15, -0.1) is 0 Å². The molecule has 262 valence electrons. The van der Waals surface area contributed by atoms with Crippen LogP contribution in [0.15, 0.2) is 12.1 Å². The summed E-state index contributed by atoms with van der Waals surface area (Å²) in [7, 11) is 0. The molecule has 0 spiro atoms. The van der Waals surface area contributed by atoms with Crippen molar-refractivity contribution in [3.63, 3.8) is 0 Å². The first-order valence-corrected chi connectivity index (χ1v) is 18.1. The maximum Gasteiger partial charge on any atom is 0.423 e. The van der Waals surface area contributed by atoms with E-state index in [9.17, 15) is 19.2 Å². The van der Waals surface area contributed by atoms with Gasteiger partial charge in [0.2, 0.25) is 0 Å². The quantitative estimate of drug-likeness (QED) is 0.0907. The van der Waals surface area contributed by atoms with Gasteiger partial charge in [-0.2, -0.15) is 0 Å². The van der Waals surface area contributed by atoms with E-state index in [4.69, 9.17) is 88.6 Å². The smallest absolute Gasteiger partial charge is 0.423 e. The topological polar surface area (TPSA) is 105 Å². The van der Waals surface area contributed by atoms with Gasteiger partial charge in [0.1, 0.15) is 11.1 Å². The van der Waals surface area contributed by atoms with Crippen LogP contribution < -0.4 is 9.47 Å². The van der Waals surface area contributed by atoms with E-state index in [1.807, 2.05) is 0 Å². The number of halogens is 6. The highest BCUT2D eigenvalue weighted by atomic mass is 35.5. The van der Waals surface area contributed by atoms with Crippen LogP contribution in [0.4, 0.5) is 0 Å². The minimum absolute atomic E-state index is 0.109. The van der Waals surface area contributed by atoms with Crippen LogP contribution in [0.1, 0.15) is 86.9 Å². The average molecular weight is 785 g/mol. The third-order valence-electron chi connectivity index (χ3n) is 9.34. The normalized spacial score (nSPS) is 23.0. The molecule has 6 atom stereocenters. The molecule has 2 aliphatic carbocycles. The van der Waals surface area contributed by atoms with Crippen molar-refractivity contribution < 1.29 is 38.1 Å². The van der Waals surface area contributed by atoms with Crippen LogP contribution in [0.2, 0.25) is 30.1 Å². The third kappa shape index (κ3) is 8.50. The van der Waals surface area contributed by atoms with Gasteiger partial charge in [-0.25, -0.2) is 19.2 Å². The molecule has 2 aromatic carbocycles. The van der Waals surface area contributed by atoms with Crippen LogP contribution in [-0.2, 0) is 19.1 Å². The van der Waals surface area contributed by atoms with E-state index in [-0.39, 0.29) is 55.2 Å². The van der Waals surface area contributed by atoms with E-state index in [0.29, 0.717) is 23.7 Å². The van der Waals surface area contributed by atoms with Gasteiger partial charge in [0.15, 0.2) is 11.5 Å². The van der Waals surface area contributed by atoms with Gasteiger partial charge >= 0.3 is 23.9 Å². The molecule has 0 heterocycles. The SMILES string of the molecule is CCCC1C(C)CC1COC(=O)c1c(Cl)c(Cl)cc(Cl)c1OC(=O)C(=O)Oc1c(Cl)cc(Cl)c(Cl)c1C(=O)OCC1CC(C)C1CCC. The Morgan fingerprint density at radius 2 is 0.979 bits per heavy atom. The molecule has 4 rings (SSSR count). The van der Waals surface area contributed by atoms with Crippen molar-refractivity contribution in [2.24, 2.45) is 35.5 Å². The zero-order valence-electron chi connectivity index (χ0n) is 26.8. The third-order valence-corrected chi connectivity index (χ3v) is 11.5. The minimum atomic E-state index is -1.63. The molecule has 0 amide bonds. The molecule has 8 nitrogen and oxygen atoms in total. The van der Waals surface area contributed by atoms with Crippen LogP contribution in [0.5, 0.6) is 11.5 Å². The maximum atomic E-state index is 13.2. The van der Waals surface area contributed by atoms with E-state index in [1.165, 1.54) is 0 Å². The molecule has 2 fully saturated rings. The molecule has 14 heteroatoms. The number of ether oxygens (including phenoxy) is 4. The lowest BCUT2D eigenvalue weighted by Crippen LogP contribution is -2.38. The van der Waals surface area contributed by atoms with Crippen molar-refractivity contribution in [3.05, 3.63) is 53.4 Å². The molecule has 48 heavy (non-hydrogen) atoms. The summed E-state index contributed by atoms with van der Waals surface area (Å²) in [6.07, 6.45) is 5.78. The summed E-state index contributed by atoms with van der Waals surface area (Å²) < 4.78 is 21.5. The van der Waals surface area contributed by atoms with E-state index >= 15 is 0 Å². The van der Waals surface area contributed by atoms with Crippen LogP contribution in [0, 0.1) is 35.5 Å². The van der Waals surface area contributed by atoms with Gasteiger partial charge in [0, 0.05) is 0 Å². The summed E-state index contributed by atoms with van der Waals surface area (Å²) in [4.78, 5) is 52.6. The lowest BCUT2D eigenvalue weighted by atomic mass is 9.64. The molecule has 2 aromatic rings. The van der Waals surface area contributed by atoms with Crippen molar-refractivity contribution in [2.75, 3.05) is 13.2 Å². The fourth-order valence-electron chi connectivity index (χ4n) is 6.78. The number of carbonyl (C=O) groups is 4. The summed E-state index contributed by atoms with van der Waals surface area (Å²) >= 11 is 37.6. The molecule has 0 bridgehead atoms. The number of benzene rings is 2. The van der Waals surface area contributed by atoms with Gasteiger partial charge in [0.25, 0.3) is 0 Å². The number of rotatable bonds is 12. The molecule has 2 saturated carbocycles. The number of hydrogen-bond donors (Lipinski definition) is 0. The second-order valence-electron chi connectivity index (χ2n) is 12.5. The molecule has 0 N–H and O–H groups in total. The van der Waals surface area contributed by atoms with Crippen LogP contribution >= 0.6 is 69.6 Å². The fraction of sp³-hybridized carbons (Fsp3) is 0.529. The summed E-state index contributed by atoms with van der Waals surface area (Å²) in [6, 6.07) is 2.28. The van der Waals surface area contributed by atoms with Crippen molar-refractivity contribution in [1.82, 2.24) is 0 Å². The first kappa shape index (κ1) is 38.9. The zero-order valence-corrected chi connectivity index (χ0v) is 31.3. The predicted molar refractivity (Wildman–Crippen MR) is 186 cm³/mol. The first-order valence-electron chi connectivity index (χ1n) is 15.8. The standard InChI is InChI=1S/C34H36Cl6O8/c1-5-7-19-15(3)9-17(19)13-45-31(41)25-27(39)21(35)11-23(37)29(25)47-33(43)34(44)48-30-24(38)12-22(36)28(40)26(30)32(42)46-14-18-10-16(4)20(18)8-6-2/h11-12,15-20H,5-10,13-14H2,1-4H3. The van der Waals surface area contributed by atoms with Gasteiger partial charge in [-0.1, -0.05) is 123 Å². The minimum Gasteiger partial charge on any atom is -0.462 e. The Morgan fingerprint density at radius 3 is 1.29 bits per heavy atom. The Bertz CT molecular complexity index is 1460. The number of hydrogen-bond acceptors (Lipinski definition) is 8.